The van der Waals surface area contributed by atoms with Crippen LogP contribution in [0.2, 0.25) is 0 Å². The zero-order valence-corrected chi connectivity index (χ0v) is 16.7. The van der Waals surface area contributed by atoms with Gasteiger partial charge in [0, 0.05) is 17.8 Å². The summed E-state index contributed by atoms with van der Waals surface area (Å²) in [5.41, 5.74) is 5.66. The van der Waals surface area contributed by atoms with Crippen molar-refractivity contribution in [3.63, 3.8) is 0 Å². The van der Waals surface area contributed by atoms with Gasteiger partial charge in [-0.3, -0.25) is 0 Å². The number of rotatable bonds is 5. The number of hydrazone groups is 1. The van der Waals surface area contributed by atoms with Crippen LogP contribution in [0.1, 0.15) is 12.0 Å². The zero-order valence-electron chi connectivity index (χ0n) is 16.7. The monoisotopic (exact) mass is 389 g/mol. The fraction of sp³-hybridized carbons (Fsp3) is 0.0741. The molecule has 1 atom stereocenters. The highest BCUT2D eigenvalue weighted by Crippen LogP contribution is 2.36. The largest absolute Gasteiger partial charge is 0.318 e. The van der Waals surface area contributed by atoms with Gasteiger partial charge in [0.1, 0.15) is 6.17 Å². The van der Waals surface area contributed by atoms with Gasteiger partial charge in [-0.15, -0.1) is 0 Å². The lowest BCUT2D eigenvalue weighted by atomic mass is 10.1. The fourth-order valence-corrected chi connectivity index (χ4v) is 3.98. The van der Waals surface area contributed by atoms with Crippen LogP contribution in [0.3, 0.4) is 0 Å². The van der Waals surface area contributed by atoms with Crippen LogP contribution in [0.4, 0.5) is 17.1 Å². The van der Waals surface area contributed by atoms with Gasteiger partial charge in [-0.1, -0.05) is 84.9 Å². The molecule has 146 valence electrons. The van der Waals surface area contributed by atoms with Crippen molar-refractivity contribution in [2.45, 2.75) is 12.6 Å². The lowest BCUT2D eigenvalue weighted by Crippen LogP contribution is -2.41. The number of hydrogen-bond acceptors (Lipinski definition) is 3. The molecule has 3 heteroatoms. The number of para-hydroxylation sites is 3. The molecule has 0 bridgehead atoms. The van der Waals surface area contributed by atoms with Gasteiger partial charge in [0.25, 0.3) is 0 Å². The van der Waals surface area contributed by atoms with E-state index in [1.165, 1.54) is 5.56 Å². The number of benzene rings is 4. The van der Waals surface area contributed by atoms with Gasteiger partial charge in [0.05, 0.1) is 11.4 Å². The van der Waals surface area contributed by atoms with Crippen LogP contribution in [-0.4, -0.2) is 11.9 Å². The van der Waals surface area contributed by atoms with Crippen molar-refractivity contribution in [3.05, 3.63) is 127 Å². The van der Waals surface area contributed by atoms with Crippen molar-refractivity contribution >= 4 is 22.8 Å². The van der Waals surface area contributed by atoms with Crippen LogP contribution in [0.25, 0.3) is 0 Å². The molecule has 1 aliphatic rings. The summed E-state index contributed by atoms with van der Waals surface area (Å²) in [6.45, 7) is 0. The maximum absolute atomic E-state index is 5.09. The molecule has 1 unspecified atom stereocenters. The normalized spacial score (nSPS) is 15.7. The summed E-state index contributed by atoms with van der Waals surface area (Å²) in [6.07, 6.45) is 0.857. The van der Waals surface area contributed by atoms with Gasteiger partial charge in [0.2, 0.25) is 0 Å². The second kappa shape index (κ2) is 8.26. The second-order valence-corrected chi connectivity index (χ2v) is 7.32. The summed E-state index contributed by atoms with van der Waals surface area (Å²) >= 11 is 0. The van der Waals surface area contributed by atoms with E-state index >= 15 is 0 Å². The first-order valence-corrected chi connectivity index (χ1v) is 10.3. The molecular formula is C27H23N3. The number of hydrogen-bond donors (Lipinski definition) is 0. The highest BCUT2D eigenvalue weighted by molar-refractivity contribution is 6.03. The molecule has 30 heavy (non-hydrogen) atoms. The molecule has 0 aliphatic carbocycles. The van der Waals surface area contributed by atoms with Crippen LogP contribution in [0.15, 0.2) is 126 Å². The molecule has 0 N–H and O–H groups in total. The minimum atomic E-state index is 0.0346. The van der Waals surface area contributed by atoms with Crippen molar-refractivity contribution in [2.75, 3.05) is 9.91 Å². The van der Waals surface area contributed by atoms with Crippen LogP contribution in [0, 0.1) is 0 Å². The topological polar surface area (TPSA) is 18.8 Å². The highest BCUT2D eigenvalue weighted by Gasteiger charge is 2.34. The Hall–Kier alpha value is -3.85. The quantitative estimate of drug-likeness (QED) is 0.390. The summed E-state index contributed by atoms with van der Waals surface area (Å²) < 4.78 is 0. The molecule has 4 aromatic rings. The van der Waals surface area contributed by atoms with Crippen LogP contribution < -0.4 is 9.91 Å². The molecule has 0 saturated carbocycles. The number of anilines is 3. The Kier molecular flexibility index (Phi) is 5.01. The fourth-order valence-electron chi connectivity index (χ4n) is 3.98. The minimum absolute atomic E-state index is 0.0346. The molecule has 3 nitrogen and oxygen atoms in total. The average Bonchev–Trinajstić information content (AvgIpc) is 3.27. The van der Waals surface area contributed by atoms with Crippen molar-refractivity contribution in [3.8, 4) is 0 Å². The first-order chi connectivity index (χ1) is 14.9. The lowest BCUT2D eigenvalue weighted by molar-refractivity contribution is 0.668. The second-order valence-electron chi connectivity index (χ2n) is 7.32. The number of nitrogens with zero attached hydrogens (tertiary/aromatic N) is 3. The Bertz CT molecular complexity index is 1070. The maximum Gasteiger partial charge on any atom is 0.133 e. The van der Waals surface area contributed by atoms with E-state index in [1.807, 2.05) is 12.1 Å². The van der Waals surface area contributed by atoms with E-state index in [4.69, 9.17) is 5.10 Å². The third-order valence-electron chi connectivity index (χ3n) is 5.38. The molecule has 0 aromatic heterocycles. The Morgan fingerprint density at radius 3 is 1.60 bits per heavy atom. The van der Waals surface area contributed by atoms with Crippen LogP contribution >= 0.6 is 0 Å². The molecule has 0 fully saturated rings. The molecule has 0 radical (unpaired) electrons. The van der Waals surface area contributed by atoms with Gasteiger partial charge in [0.15, 0.2) is 0 Å². The van der Waals surface area contributed by atoms with E-state index in [1.54, 1.807) is 0 Å². The molecule has 4 aromatic carbocycles. The van der Waals surface area contributed by atoms with Crippen molar-refractivity contribution in [1.82, 2.24) is 0 Å². The van der Waals surface area contributed by atoms with E-state index in [0.717, 1.165) is 29.2 Å². The molecule has 0 spiro atoms. The lowest BCUT2D eigenvalue weighted by Gasteiger charge is -2.36. The average molecular weight is 390 g/mol. The predicted octanol–water partition coefficient (Wildman–Crippen LogP) is 6.47. The molecule has 0 saturated heterocycles. The standard InChI is InChI=1S/C27H23N3/c1-5-13-22(14-6-1)26-21-27(30(28-26)25-19-11-4-12-20-25)29(23-15-7-2-8-16-23)24-17-9-3-10-18-24/h1-20,27H,21H2. The van der Waals surface area contributed by atoms with Crippen molar-refractivity contribution in [1.29, 1.82) is 0 Å². The van der Waals surface area contributed by atoms with E-state index in [9.17, 15) is 0 Å². The molecule has 1 heterocycles. The smallest absolute Gasteiger partial charge is 0.133 e. The molecule has 0 amide bonds. The van der Waals surface area contributed by atoms with E-state index in [0.29, 0.717) is 0 Å². The van der Waals surface area contributed by atoms with E-state index in [-0.39, 0.29) is 6.17 Å². The molecular weight excluding hydrogens is 366 g/mol. The van der Waals surface area contributed by atoms with Crippen molar-refractivity contribution in [2.24, 2.45) is 5.10 Å². The van der Waals surface area contributed by atoms with Gasteiger partial charge in [-0.25, -0.2) is 5.01 Å². The third-order valence-corrected chi connectivity index (χ3v) is 5.38. The van der Waals surface area contributed by atoms with E-state index < -0.39 is 0 Å². The van der Waals surface area contributed by atoms with E-state index in [2.05, 4.69) is 119 Å². The van der Waals surface area contributed by atoms with Crippen molar-refractivity contribution < 1.29 is 0 Å². The van der Waals surface area contributed by atoms with Crippen LogP contribution in [-0.2, 0) is 0 Å². The Morgan fingerprint density at radius 2 is 1.07 bits per heavy atom. The van der Waals surface area contributed by atoms with Crippen LogP contribution in [0.5, 0.6) is 0 Å². The Balaban J connectivity index is 1.62. The Morgan fingerprint density at radius 1 is 0.600 bits per heavy atom. The maximum atomic E-state index is 5.09. The highest BCUT2D eigenvalue weighted by atomic mass is 15.6. The SMILES string of the molecule is c1ccc(C2=NN(c3ccccc3)C(N(c3ccccc3)c3ccccc3)C2)cc1. The Labute approximate surface area is 177 Å². The summed E-state index contributed by atoms with van der Waals surface area (Å²) in [4.78, 5) is 2.38. The predicted molar refractivity (Wildman–Crippen MR) is 125 cm³/mol. The third kappa shape index (κ3) is 3.58. The summed E-state index contributed by atoms with van der Waals surface area (Å²) in [5, 5.41) is 7.25. The summed E-state index contributed by atoms with van der Waals surface area (Å²) in [7, 11) is 0. The minimum Gasteiger partial charge on any atom is -0.318 e. The van der Waals surface area contributed by atoms with Gasteiger partial charge >= 0.3 is 0 Å². The summed E-state index contributed by atoms with van der Waals surface area (Å²) in [5.74, 6) is 0. The van der Waals surface area contributed by atoms with Gasteiger partial charge < -0.3 is 4.90 Å². The first kappa shape index (κ1) is 18.2. The van der Waals surface area contributed by atoms with Gasteiger partial charge in [-0.05, 0) is 42.0 Å². The zero-order chi connectivity index (χ0) is 20.2. The summed E-state index contributed by atoms with van der Waals surface area (Å²) in [6, 6.07) is 42.0. The van der Waals surface area contributed by atoms with Gasteiger partial charge in [-0.2, -0.15) is 5.10 Å². The first-order valence-electron chi connectivity index (χ1n) is 10.3. The molecule has 5 rings (SSSR count). The molecule has 1 aliphatic heterocycles.